The van der Waals surface area contributed by atoms with Crippen molar-refractivity contribution in [2.24, 2.45) is 11.8 Å². The molecular weight excluding hydrogens is 238 g/mol. The molecule has 1 atom stereocenters. The lowest BCUT2D eigenvalue weighted by atomic mass is 9.81. The lowest BCUT2D eigenvalue weighted by molar-refractivity contribution is -0.0478. The Morgan fingerprint density at radius 3 is 2.42 bits per heavy atom. The van der Waals surface area contributed by atoms with Gasteiger partial charge >= 0.3 is 0 Å². The van der Waals surface area contributed by atoms with E-state index in [4.69, 9.17) is 4.74 Å². The van der Waals surface area contributed by atoms with Crippen LogP contribution < -0.4 is 5.32 Å². The van der Waals surface area contributed by atoms with Gasteiger partial charge in [-0.15, -0.1) is 0 Å². The molecule has 1 aliphatic carbocycles. The molecule has 2 N–H and O–H groups in total. The van der Waals surface area contributed by atoms with Crippen LogP contribution in [0.3, 0.4) is 0 Å². The largest absolute Gasteiger partial charge is 0.389 e. The molecule has 0 bridgehead atoms. The zero-order chi connectivity index (χ0) is 14.3. The van der Waals surface area contributed by atoms with Gasteiger partial charge in [0.1, 0.15) is 0 Å². The zero-order valence-corrected chi connectivity index (χ0v) is 13.2. The second kappa shape index (κ2) is 8.23. The molecule has 0 saturated heterocycles. The number of ether oxygens (including phenoxy) is 1. The minimum absolute atomic E-state index is 0.167. The molecular formula is C16H33NO2. The van der Waals surface area contributed by atoms with Crippen LogP contribution >= 0.6 is 0 Å². The minimum Gasteiger partial charge on any atom is -0.389 e. The Bertz CT molecular complexity index is 229. The maximum Gasteiger partial charge on any atom is 0.0897 e. The van der Waals surface area contributed by atoms with Crippen LogP contribution in [0.25, 0.3) is 0 Å². The van der Waals surface area contributed by atoms with Gasteiger partial charge in [0.05, 0.1) is 18.3 Å². The highest BCUT2D eigenvalue weighted by molar-refractivity contribution is 4.71. The molecule has 0 heterocycles. The normalized spacial score (nSPS) is 26.4. The monoisotopic (exact) mass is 271 g/mol. The molecule has 3 nitrogen and oxygen atoms in total. The molecule has 0 aromatic rings. The quantitative estimate of drug-likeness (QED) is 0.700. The Morgan fingerprint density at radius 1 is 1.21 bits per heavy atom. The van der Waals surface area contributed by atoms with Crippen molar-refractivity contribution in [3.8, 4) is 0 Å². The van der Waals surface area contributed by atoms with E-state index < -0.39 is 6.10 Å². The van der Waals surface area contributed by atoms with E-state index in [0.717, 1.165) is 18.4 Å². The third-order valence-electron chi connectivity index (χ3n) is 3.95. The standard InChI is InChI=1S/C16H33NO2/c1-13-5-7-14(8-6-13)9-10-17-11-15(18)12-19-16(2,3)4/h13-15,17-18H,5-12H2,1-4H3. The zero-order valence-electron chi connectivity index (χ0n) is 13.2. The summed E-state index contributed by atoms with van der Waals surface area (Å²) >= 11 is 0. The van der Waals surface area contributed by atoms with E-state index in [0.29, 0.717) is 13.2 Å². The van der Waals surface area contributed by atoms with Gasteiger partial charge in [-0.05, 0) is 45.6 Å². The molecule has 0 aromatic heterocycles. The van der Waals surface area contributed by atoms with Crippen LogP contribution in [0.1, 0.15) is 59.8 Å². The molecule has 19 heavy (non-hydrogen) atoms. The van der Waals surface area contributed by atoms with Gasteiger partial charge in [-0.3, -0.25) is 0 Å². The lowest BCUT2D eigenvalue weighted by Crippen LogP contribution is -2.34. The van der Waals surface area contributed by atoms with Gasteiger partial charge in [-0.25, -0.2) is 0 Å². The first-order valence-corrected chi connectivity index (χ1v) is 7.89. The summed E-state index contributed by atoms with van der Waals surface area (Å²) in [4.78, 5) is 0. The fourth-order valence-electron chi connectivity index (χ4n) is 2.60. The number of nitrogens with one attached hydrogen (secondary N) is 1. The molecule has 1 unspecified atom stereocenters. The maximum absolute atomic E-state index is 9.80. The molecule has 0 spiro atoms. The predicted octanol–water partition coefficient (Wildman–Crippen LogP) is 2.97. The summed E-state index contributed by atoms with van der Waals surface area (Å²) in [7, 11) is 0. The van der Waals surface area contributed by atoms with Crippen molar-refractivity contribution in [1.82, 2.24) is 5.32 Å². The van der Waals surface area contributed by atoms with Crippen LogP contribution in [-0.4, -0.2) is 36.5 Å². The Kier molecular flexibility index (Phi) is 7.33. The molecule has 1 fully saturated rings. The Labute approximate surface area is 119 Å². The van der Waals surface area contributed by atoms with Crippen LogP contribution in [0.5, 0.6) is 0 Å². The topological polar surface area (TPSA) is 41.5 Å². The van der Waals surface area contributed by atoms with Crippen LogP contribution in [0, 0.1) is 11.8 Å². The van der Waals surface area contributed by atoms with E-state index in [-0.39, 0.29) is 5.60 Å². The number of aliphatic hydroxyl groups excluding tert-OH is 1. The molecule has 1 saturated carbocycles. The highest BCUT2D eigenvalue weighted by Crippen LogP contribution is 2.29. The molecule has 0 aliphatic heterocycles. The summed E-state index contributed by atoms with van der Waals surface area (Å²) in [5.74, 6) is 1.83. The lowest BCUT2D eigenvalue weighted by Gasteiger charge is -2.26. The highest BCUT2D eigenvalue weighted by Gasteiger charge is 2.18. The fraction of sp³-hybridized carbons (Fsp3) is 1.00. The Hall–Kier alpha value is -0.120. The molecule has 0 amide bonds. The number of aliphatic hydroxyl groups is 1. The average molecular weight is 271 g/mol. The predicted molar refractivity (Wildman–Crippen MR) is 80.3 cm³/mol. The van der Waals surface area contributed by atoms with Gasteiger partial charge in [0, 0.05) is 6.54 Å². The first kappa shape index (κ1) is 16.9. The van der Waals surface area contributed by atoms with E-state index in [1.54, 1.807) is 0 Å². The molecule has 0 radical (unpaired) electrons. The SMILES string of the molecule is CC1CCC(CCNCC(O)COC(C)(C)C)CC1. The fourth-order valence-corrected chi connectivity index (χ4v) is 2.60. The van der Waals surface area contributed by atoms with Crippen molar-refractivity contribution in [3.05, 3.63) is 0 Å². The molecule has 0 aromatic carbocycles. The van der Waals surface area contributed by atoms with Crippen LogP contribution in [0.4, 0.5) is 0 Å². The van der Waals surface area contributed by atoms with Gasteiger partial charge in [0.25, 0.3) is 0 Å². The van der Waals surface area contributed by atoms with Crippen LogP contribution in [0.15, 0.2) is 0 Å². The van der Waals surface area contributed by atoms with Gasteiger partial charge in [-0.1, -0.05) is 32.6 Å². The summed E-state index contributed by atoms with van der Waals surface area (Å²) in [6, 6.07) is 0. The second-order valence-corrected chi connectivity index (χ2v) is 7.20. The van der Waals surface area contributed by atoms with Crippen molar-refractivity contribution in [3.63, 3.8) is 0 Å². The smallest absolute Gasteiger partial charge is 0.0897 e. The summed E-state index contributed by atoms with van der Waals surface area (Å²) in [5, 5.41) is 13.1. The first-order valence-electron chi connectivity index (χ1n) is 7.89. The van der Waals surface area contributed by atoms with E-state index in [1.165, 1.54) is 32.1 Å². The van der Waals surface area contributed by atoms with Crippen molar-refractivity contribution < 1.29 is 9.84 Å². The van der Waals surface area contributed by atoms with Gasteiger partial charge in [0.15, 0.2) is 0 Å². The molecule has 114 valence electrons. The van der Waals surface area contributed by atoms with E-state index >= 15 is 0 Å². The Balaban J connectivity index is 1.98. The molecule has 3 heteroatoms. The summed E-state index contributed by atoms with van der Waals surface area (Å²) in [5.41, 5.74) is -0.167. The third-order valence-corrected chi connectivity index (χ3v) is 3.95. The molecule has 1 aliphatic rings. The summed E-state index contributed by atoms with van der Waals surface area (Å²) in [6.45, 7) is 10.5. The minimum atomic E-state index is -0.398. The van der Waals surface area contributed by atoms with Gasteiger partial charge in [0.2, 0.25) is 0 Å². The van der Waals surface area contributed by atoms with E-state index in [9.17, 15) is 5.11 Å². The van der Waals surface area contributed by atoms with E-state index in [1.807, 2.05) is 20.8 Å². The van der Waals surface area contributed by atoms with Crippen molar-refractivity contribution in [2.75, 3.05) is 19.7 Å². The second-order valence-electron chi connectivity index (χ2n) is 7.20. The summed E-state index contributed by atoms with van der Waals surface area (Å²) < 4.78 is 5.56. The maximum atomic E-state index is 9.80. The Morgan fingerprint density at radius 2 is 1.84 bits per heavy atom. The van der Waals surface area contributed by atoms with Gasteiger partial charge < -0.3 is 15.2 Å². The van der Waals surface area contributed by atoms with Gasteiger partial charge in [-0.2, -0.15) is 0 Å². The molecule has 1 rings (SSSR count). The summed E-state index contributed by atoms with van der Waals surface area (Å²) in [6.07, 6.45) is 6.42. The van der Waals surface area contributed by atoms with Crippen molar-refractivity contribution in [2.45, 2.75) is 71.5 Å². The van der Waals surface area contributed by atoms with E-state index in [2.05, 4.69) is 12.2 Å². The number of rotatable bonds is 7. The first-order chi connectivity index (χ1) is 8.87. The third kappa shape index (κ3) is 8.61. The van der Waals surface area contributed by atoms with Crippen molar-refractivity contribution >= 4 is 0 Å². The van der Waals surface area contributed by atoms with Crippen LogP contribution in [0.2, 0.25) is 0 Å². The number of hydrogen-bond acceptors (Lipinski definition) is 3. The van der Waals surface area contributed by atoms with Crippen LogP contribution in [-0.2, 0) is 4.74 Å². The van der Waals surface area contributed by atoms with Crippen molar-refractivity contribution in [1.29, 1.82) is 0 Å². The highest BCUT2D eigenvalue weighted by atomic mass is 16.5. The average Bonchev–Trinajstić information content (AvgIpc) is 2.33. The number of hydrogen-bond donors (Lipinski definition) is 2.